The van der Waals surface area contributed by atoms with Gasteiger partial charge in [0.05, 0.1) is 6.61 Å². The number of carbonyl (C=O) groups is 1. The van der Waals surface area contributed by atoms with Crippen LogP contribution in [0.4, 0.5) is 13.2 Å². The van der Waals surface area contributed by atoms with Crippen LogP contribution in [0.1, 0.15) is 15.9 Å². The van der Waals surface area contributed by atoms with Gasteiger partial charge in [-0.25, -0.2) is 0 Å². The van der Waals surface area contributed by atoms with Gasteiger partial charge in [-0.15, -0.1) is 0 Å². The van der Waals surface area contributed by atoms with Gasteiger partial charge in [-0.2, -0.15) is 13.2 Å². The fourth-order valence-corrected chi connectivity index (χ4v) is 1.38. The Kier molecular flexibility index (Phi) is 5.97. The van der Waals surface area contributed by atoms with E-state index in [0.29, 0.717) is 11.1 Å². The van der Waals surface area contributed by atoms with Gasteiger partial charge >= 0.3 is 6.18 Å². The second-order valence-electron chi connectivity index (χ2n) is 3.99. The molecule has 0 radical (unpaired) electrons. The molecule has 0 aromatic heterocycles. The fourth-order valence-electron chi connectivity index (χ4n) is 1.38. The normalized spacial score (nSPS) is 12.2. The number of oxime groups is 1. The summed E-state index contributed by atoms with van der Waals surface area (Å²) in [5.41, 5.74) is 6.08. The molecule has 0 fully saturated rings. The monoisotopic (exact) mass is 305 g/mol. The number of halogens is 3. The molecule has 4 N–H and O–H groups in total. The molecular formula is C12H14F3N3O3. The smallest absolute Gasteiger partial charge is 0.409 e. The van der Waals surface area contributed by atoms with Crippen molar-refractivity contribution in [2.75, 3.05) is 19.8 Å². The minimum absolute atomic E-state index is 0.0447. The number of nitrogens with two attached hydrogens (primary N) is 1. The Morgan fingerprint density at radius 2 is 1.86 bits per heavy atom. The first kappa shape index (κ1) is 16.8. The van der Waals surface area contributed by atoms with Crippen LogP contribution in [0.2, 0.25) is 0 Å². The second-order valence-corrected chi connectivity index (χ2v) is 3.99. The molecule has 0 heterocycles. The minimum Gasteiger partial charge on any atom is -0.409 e. The maximum absolute atomic E-state index is 11.8. The third-order valence-electron chi connectivity index (χ3n) is 2.35. The van der Waals surface area contributed by atoms with E-state index in [9.17, 15) is 18.0 Å². The molecule has 0 saturated heterocycles. The number of nitrogens with zero attached hydrogens (tertiary/aromatic N) is 1. The number of alkyl halides is 3. The highest BCUT2D eigenvalue weighted by Crippen LogP contribution is 2.13. The molecule has 0 aliphatic rings. The lowest BCUT2D eigenvalue weighted by molar-refractivity contribution is -0.173. The molecule has 0 bridgehead atoms. The van der Waals surface area contributed by atoms with E-state index in [0.717, 1.165) is 0 Å². The van der Waals surface area contributed by atoms with Crippen molar-refractivity contribution in [1.29, 1.82) is 0 Å². The zero-order valence-electron chi connectivity index (χ0n) is 10.9. The average Bonchev–Trinajstić information content (AvgIpc) is 2.44. The molecular weight excluding hydrogens is 291 g/mol. The highest BCUT2D eigenvalue weighted by atomic mass is 19.4. The van der Waals surface area contributed by atoms with Gasteiger partial charge in [0, 0.05) is 17.7 Å². The molecule has 1 amide bonds. The summed E-state index contributed by atoms with van der Waals surface area (Å²) >= 11 is 0. The van der Waals surface area contributed by atoms with Gasteiger partial charge in [-0.05, 0) is 12.1 Å². The van der Waals surface area contributed by atoms with Crippen molar-refractivity contribution in [2.45, 2.75) is 6.18 Å². The number of carbonyl (C=O) groups excluding carboxylic acids is 1. The maximum Gasteiger partial charge on any atom is 0.411 e. The summed E-state index contributed by atoms with van der Waals surface area (Å²) in [5, 5.41) is 13.7. The SMILES string of the molecule is NC(=NO)c1ccc(C(=O)NCCOCC(F)(F)F)cc1. The summed E-state index contributed by atoms with van der Waals surface area (Å²) in [6, 6.07) is 5.84. The lowest BCUT2D eigenvalue weighted by atomic mass is 10.1. The van der Waals surface area contributed by atoms with E-state index in [1.54, 1.807) is 0 Å². The number of nitrogens with one attached hydrogen (secondary N) is 1. The molecule has 0 spiro atoms. The number of amides is 1. The van der Waals surface area contributed by atoms with Gasteiger partial charge in [0.1, 0.15) is 6.61 Å². The van der Waals surface area contributed by atoms with Gasteiger partial charge in [0.15, 0.2) is 5.84 Å². The van der Waals surface area contributed by atoms with Crippen molar-refractivity contribution in [3.05, 3.63) is 35.4 Å². The van der Waals surface area contributed by atoms with E-state index in [-0.39, 0.29) is 19.0 Å². The maximum atomic E-state index is 11.8. The number of hydrogen-bond acceptors (Lipinski definition) is 4. The number of hydrogen-bond donors (Lipinski definition) is 3. The highest BCUT2D eigenvalue weighted by molar-refractivity contribution is 5.99. The molecule has 0 unspecified atom stereocenters. The largest absolute Gasteiger partial charge is 0.411 e. The zero-order valence-corrected chi connectivity index (χ0v) is 10.9. The summed E-state index contributed by atoms with van der Waals surface area (Å²) < 4.78 is 39.7. The van der Waals surface area contributed by atoms with Crippen molar-refractivity contribution in [3.8, 4) is 0 Å². The molecule has 0 aliphatic carbocycles. The second kappa shape index (κ2) is 7.48. The standard InChI is InChI=1S/C12H14F3N3O3/c13-12(14,15)7-21-6-5-17-11(19)9-3-1-8(2-4-9)10(16)18-20/h1-4,20H,5-7H2,(H2,16,18)(H,17,19). The van der Waals surface area contributed by atoms with Crippen LogP contribution in [0, 0.1) is 0 Å². The van der Waals surface area contributed by atoms with E-state index in [1.807, 2.05) is 0 Å². The highest BCUT2D eigenvalue weighted by Gasteiger charge is 2.27. The van der Waals surface area contributed by atoms with Crippen LogP contribution in [-0.2, 0) is 4.74 Å². The van der Waals surface area contributed by atoms with Crippen molar-refractivity contribution >= 4 is 11.7 Å². The summed E-state index contributed by atoms with van der Waals surface area (Å²) in [6.07, 6.45) is -4.38. The summed E-state index contributed by atoms with van der Waals surface area (Å²) in [5.74, 6) is -0.556. The zero-order chi connectivity index (χ0) is 15.9. The third-order valence-corrected chi connectivity index (χ3v) is 2.35. The molecule has 6 nitrogen and oxygen atoms in total. The molecule has 1 aromatic carbocycles. The molecule has 0 atom stereocenters. The lowest BCUT2D eigenvalue weighted by Gasteiger charge is -2.08. The van der Waals surface area contributed by atoms with Gasteiger partial charge in [0.2, 0.25) is 0 Å². The first-order valence-corrected chi connectivity index (χ1v) is 5.84. The Morgan fingerprint density at radius 3 is 2.38 bits per heavy atom. The Labute approximate surface area is 118 Å². The van der Waals surface area contributed by atoms with E-state index < -0.39 is 18.7 Å². The van der Waals surface area contributed by atoms with Crippen molar-refractivity contribution in [1.82, 2.24) is 5.32 Å². The molecule has 0 aliphatic heterocycles. The van der Waals surface area contributed by atoms with Gasteiger partial charge in [0.25, 0.3) is 5.91 Å². The topological polar surface area (TPSA) is 96.9 Å². The Bertz CT molecular complexity index is 501. The van der Waals surface area contributed by atoms with Crippen LogP contribution in [0.15, 0.2) is 29.4 Å². The third kappa shape index (κ3) is 6.13. The first-order chi connectivity index (χ1) is 9.83. The van der Waals surface area contributed by atoms with Crippen LogP contribution in [0.5, 0.6) is 0 Å². The van der Waals surface area contributed by atoms with Crippen molar-refractivity contribution < 1.29 is 27.9 Å². The predicted molar refractivity (Wildman–Crippen MR) is 68.2 cm³/mol. The molecule has 1 rings (SSSR count). The Balaban J connectivity index is 2.39. The Morgan fingerprint density at radius 1 is 1.29 bits per heavy atom. The summed E-state index contributed by atoms with van der Waals surface area (Å²) in [4.78, 5) is 11.7. The lowest BCUT2D eigenvalue weighted by Crippen LogP contribution is -2.29. The number of rotatable bonds is 6. The first-order valence-electron chi connectivity index (χ1n) is 5.84. The van der Waals surface area contributed by atoms with Gasteiger partial charge in [-0.1, -0.05) is 17.3 Å². The van der Waals surface area contributed by atoms with Crippen LogP contribution in [-0.4, -0.2) is 42.9 Å². The number of amidine groups is 1. The minimum atomic E-state index is -4.38. The van der Waals surface area contributed by atoms with Crippen LogP contribution < -0.4 is 11.1 Å². The van der Waals surface area contributed by atoms with Crippen molar-refractivity contribution in [2.24, 2.45) is 10.9 Å². The number of ether oxygens (including phenoxy) is 1. The quantitative estimate of drug-likeness (QED) is 0.241. The Hall–Kier alpha value is -2.29. The van der Waals surface area contributed by atoms with Gasteiger partial charge < -0.3 is 21.0 Å². The van der Waals surface area contributed by atoms with Crippen LogP contribution in [0.25, 0.3) is 0 Å². The van der Waals surface area contributed by atoms with E-state index in [4.69, 9.17) is 10.9 Å². The van der Waals surface area contributed by atoms with E-state index >= 15 is 0 Å². The predicted octanol–water partition coefficient (Wildman–Crippen LogP) is 1.09. The number of benzene rings is 1. The molecule has 0 saturated carbocycles. The summed E-state index contributed by atoms with van der Waals surface area (Å²) in [7, 11) is 0. The van der Waals surface area contributed by atoms with Crippen LogP contribution in [0.3, 0.4) is 0 Å². The fraction of sp³-hybridized carbons (Fsp3) is 0.333. The average molecular weight is 305 g/mol. The molecule has 21 heavy (non-hydrogen) atoms. The summed E-state index contributed by atoms with van der Waals surface area (Å²) in [6.45, 7) is -1.64. The van der Waals surface area contributed by atoms with Crippen LogP contribution >= 0.6 is 0 Å². The van der Waals surface area contributed by atoms with Crippen molar-refractivity contribution in [3.63, 3.8) is 0 Å². The van der Waals surface area contributed by atoms with E-state index in [1.165, 1.54) is 24.3 Å². The van der Waals surface area contributed by atoms with Gasteiger partial charge in [-0.3, -0.25) is 4.79 Å². The molecule has 116 valence electrons. The molecule has 1 aromatic rings. The molecule has 9 heteroatoms. The van der Waals surface area contributed by atoms with E-state index in [2.05, 4.69) is 15.2 Å².